The number of benzene rings is 2. The van der Waals surface area contributed by atoms with Gasteiger partial charge in [0, 0.05) is 24.2 Å². The molecule has 0 radical (unpaired) electrons. The fourth-order valence-electron chi connectivity index (χ4n) is 2.79. The maximum Gasteiger partial charge on any atom is 0.266 e. The van der Waals surface area contributed by atoms with Crippen molar-refractivity contribution in [3.05, 3.63) is 68.6 Å². The van der Waals surface area contributed by atoms with Crippen LogP contribution in [0, 0.1) is 11.6 Å². The van der Waals surface area contributed by atoms with Gasteiger partial charge in [0.25, 0.3) is 10.0 Å². The third-order valence-corrected chi connectivity index (χ3v) is 7.78. The molecular weight excluding hydrogens is 534 g/mol. The van der Waals surface area contributed by atoms with E-state index < -0.39 is 20.7 Å². The van der Waals surface area contributed by atoms with E-state index in [2.05, 4.69) is 36.3 Å². The molecule has 1 aromatic heterocycles. The molecule has 3 N–H and O–H groups in total. The SMILES string of the molecule is CN[C@H](CNc1cc(F)c(S(=O)(=O)Nc2nccs2)cc1Cl)Cc1cccc(F)c1Br. The highest BCUT2D eigenvalue weighted by Crippen LogP contribution is 2.30. The van der Waals surface area contributed by atoms with Crippen molar-refractivity contribution in [1.82, 2.24) is 10.3 Å². The average molecular weight is 552 g/mol. The van der Waals surface area contributed by atoms with Gasteiger partial charge in [-0.25, -0.2) is 22.2 Å². The van der Waals surface area contributed by atoms with Gasteiger partial charge in [0.2, 0.25) is 0 Å². The maximum absolute atomic E-state index is 14.6. The number of nitrogens with zero attached hydrogens (tertiary/aromatic N) is 1. The number of rotatable bonds is 9. The number of likely N-dealkylation sites (N-methyl/N-ethyl adjacent to an activating group) is 1. The van der Waals surface area contributed by atoms with Crippen molar-refractivity contribution in [2.24, 2.45) is 0 Å². The van der Waals surface area contributed by atoms with Crippen molar-refractivity contribution in [3.8, 4) is 0 Å². The first-order valence-electron chi connectivity index (χ1n) is 8.96. The second-order valence-electron chi connectivity index (χ2n) is 6.49. The van der Waals surface area contributed by atoms with Crippen LogP contribution in [-0.4, -0.2) is 33.0 Å². The first kappa shape index (κ1) is 23.9. The summed E-state index contributed by atoms with van der Waals surface area (Å²) in [5, 5.41) is 7.88. The summed E-state index contributed by atoms with van der Waals surface area (Å²) >= 11 is 10.5. The summed E-state index contributed by atoms with van der Waals surface area (Å²) in [5.41, 5.74) is 1.01. The van der Waals surface area contributed by atoms with Gasteiger partial charge in [-0.1, -0.05) is 23.7 Å². The molecule has 0 amide bonds. The molecule has 0 aliphatic rings. The van der Waals surface area contributed by atoms with Gasteiger partial charge in [-0.2, -0.15) is 0 Å². The fraction of sp³-hybridized carbons (Fsp3) is 0.211. The maximum atomic E-state index is 14.6. The predicted octanol–water partition coefficient (Wildman–Crippen LogP) is 4.88. The normalized spacial score (nSPS) is 12.5. The molecule has 0 saturated carbocycles. The third kappa shape index (κ3) is 5.92. The first-order valence-corrected chi connectivity index (χ1v) is 12.5. The molecule has 1 heterocycles. The number of anilines is 2. The zero-order valence-electron chi connectivity index (χ0n) is 16.1. The minimum absolute atomic E-state index is 0.0442. The zero-order chi connectivity index (χ0) is 22.6. The highest BCUT2D eigenvalue weighted by molar-refractivity contribution is 9.10. The Bertz CT molecular complexity index is 1160. The highest BCUT2D eigenvalue weighted by Gasteiger charge is 2.23. The van der Waals surface area contributed by atoms with Crippen LogP contribution in [0.3, 0.4) is 0 Å². The molecule has 12 heteroatoms. The number of thiazole rings is 1. The molecule has 0 unspecified atom stereocenters. The molecule has 0 fully saturated rings. The molecule has 1 atom stereocenters. The Morgan fingerprint density at radius 3 is 2.71 bits per heavy atom. The van der Waals surface area contributed by atoms with Gasteiger partial charge in [-0.15, -0.1) is 11.3 Å². The van der Waals surface area contributed by atoms with E-state index in [1.807, 2.05) is 0 Å². The molecule has 3 rings (SSSR count). The average Bonchev–Trinajstić information content (AvgIpc) is 3.22. The Morgan fingerprint density at radius 2 is 2.03 bits per heavy atom. The van der Waals surface area contributed by atoms with Crippen LogP contribution in [0.1, 0.15) is 5.56 Å². The monoisotopic (exact) mass is 550 g/mol. The molecule has 2 aromatic carbocycles. The van der Waals surface area contributed by atoms with E-state index in [0.29, 0.717) is 17.4 Å². The number of sulfonamides is 1. The van der Waals surface area contributed by atoms with Gasteiger partial charge >= 0.3 is 0 Å². The van der Waals surface area contributed by atoms with Crippen LogP contribution in [-0.2, 0) is 16.4 Å². The Hall–Kier alpha value is -1.79. The van der Waals surface area contributed by atoms with Crippen LogP contribution in [0.15, 0.2) is 51.3 Å². The number of aromatic nitrogens is 1. The second kappa shape index (κ2) is 10.2. The quantitative estimate of drug-likeness (QED) is 0.353. The Labute approximate surface area is 196 Å². The molecule has 31 heavy (non-hydrogen) atoms. The summed E-state index contributed by atoms with van der Waals surface area (Å²) in [6, 6.07) is 6.74. The van der Waals surface area contributed by atoms with Crippen LogP contribution in [0.5, 0.6) is 0 Å². The van der Waals surface area contributed by atoms with Crippen LogP contribution in [0.25, 0.3) is 0 Å². The number of hydrogen-bond donors (Lipinski definition) is 3. The van der Waals surface area contributed by atoms with Crippen LogP contribution in [0.2, 0.25) is 5.02 Å². The zero-order valence-corrected chi connectivity index (χ0v) is 20.1. The summed E-state index contributed by atoms with van der Waals surface area (Å²) < 4.78 is 55.8. The molecule has 166 valence electrons. The van der Waals surface area contributed by atoms with Crippen LogP contribution < -0.4 is 15.4 Å². The minimum Gasteiger partial charge on any atom is -0.382 e. The molecule has 0 bridgehead atoms. The lowest BCUT2D eigenvalue weighted by Crippen LogP contribution is -2.35. The largest absolute Gasteiger partial charge is 0.382 e. The molecule has 0 aliphatic heterocycles. The van der Waals surface area contributed by atoms with Crippen molar-refractivity contribution in [1.29, 1.82) is 0 Å². The van der Waals surface area contributed by atoms with Gasteiger partial charge in [0.15, 0.2) is 5.13 Å². The Balaban J connectivity index is 1.73. The summed E-state index contributed by atoms with van der Waals surface area (Å²) in [6.45, 7) is 0.335. The number of halogens is 4. The van der Waals surface area contributed by atoms with Crippen molar-refractivity contribution in [2.75, 3.05) is 23.6 Å². The number of nitrogens with one attached hydrogen (secondary N) is 3. The first-order chi connectivity index (χ1) is 14.7. The van der Waals surface area contributed by atoms with E-state index >= 15 is 0 Å². The Morgan fingerprint density at radius 1 is 1.26 bits per heavy atom. The van der Waals surface area contributed by atoms with E-state index in [1.54, 1.807) is 24.6 Å². The predicted molar refractivity (Wildman–Crippen MR) is 123 cm³/mol. The topological polar surface area (TPSA) is 83.1 Å². The molecule has 0 spiro atoms. The summed E-state index contributed by atoms with van der Waals surface area (Å²) in [7, 11) is -2.43. The van der Waals surface area contributed by atoms with Crippen LogP contribution >= 0.6 is 38.9 Å². The van der Waals surface area contributed by atoms with Crippen LogP contribution in [0.4, 0.5) is 19.6 Å². The van der Waals surface area contributed by atoms with Gasteiger partial charge in [-0.3, -0.25) is 4.72 Å². The lowest BCUT2D eigenvalue weighted by atomic mass is 10.1. The van der Waals surface area contributed by atoms with E-state index in [-0.39, 0.29) is 27.7 Å². The second-order valence-corrected chi connectivity index (χ2v) is 10.2. The van der Waals surface area contributed by atoms with Crippen molar-refractivity contribution in [3.63, 3.8) is 0 Å². The molecule has 6 nitrogen and oxygen atoms in total. The van der Waals surface area contributed by atoms with Gasteiger partial charge < -0.3 is 10.6 Å². The molecular formula is C19H18BrClF2N4O2S2. The smallest absolute Gasteiger partial charge is 0.266 e. The van der Waals surface area contributed by atoms with Gasteiger partial charge in [0.05, 0.1) is 15.2 Å². The molecule has 3 aromatic rings. The summed E-state index contributed by atoms with van der Waals surface area (Å²) in [4.78, 5) is 3.25. The van der Waals surface area contributed by atoms with Gasteiger partial charge in [0.1, 0.15) is 16.5 Å². The lowest BCUT2D eigenvalue weighted by Gasteiger charge is -2.19. The van der Waals surface area contributed by atoms with E-state index in [0.717, 1.165) is 29.0 Å². The summed E-state index contributed by atoms with van der Waals surface area (Å²) in [5.74, 6) is -1.31. The standard InChI is InChI=1S/C19H18BrClF2N4O2S2/c1-24-12(7-11-3-2-4-14(22)18(11)20)10-26-16-9-15(23)17(8-13(16)21)31(28,29)27-19-25-5-6-30-19/h2-6,8-9,12,24,26H,7,10H2,1H3,(H,25,27)/t12-/m0/s1. The Kier molecular flexibility index (Phi) is 7.87. The molecule has 0 saturated heterocycles. The van der Waals surface area contributed by atoms with E-state index in [4.69, 9.17) is 11.6 Å². The fourth-order valence-corrected chi connectivity index (χ4v) is 5.39. The van der Waals surface area contributed by atoms with Gasteiger partial charge in [-0.05, 0) is 53.2 Å². The van der Waals surface area contributed by atoms with E-state index in [9.17, 15) is 17.2 Å². The number of hydrogen-bond acceptors (Lipinski definition) is 6. The van der Waals surface area contributed by atoms with Crippen molar-refractivity contribution < 1.29 is 17.2 Å². The minimum atomic E-state index is -4.18. The van der Waals surface area contributed by atoms with E-state index in [1.165, 1.54) is 12.3 Å². The lowest BCUT2D eigenvalue weighted by molar-refractivity contribution is 0.567. The van der Waals surface area contributed by atoms with Crippen molar-refractivity contribution >= 4 is 59.7 Å². The van der Waals surface area contributed by atoms with Crippen molar-refractivity contribution in [2.45, 2.75) is 17.4 Å². The highest BCUT2D eigenvalue weighted by atomic mass is 79.9. The molecule has 0 aliphatic carbocycles. The third-order valence-electron chi connectivity index (χ3n) is 4.41. The summed E-state index contributed by atoms with van der Waals surface area (Å²) in [6.07, 6.45) is 1.92.